The summed E-state index contributed by atoms with van der Waals surface area (Å²) in [5, 5.41) is 11.4. The molecule has 0 saturated carbocycles. The molecule has 1 aliphatic rings. The predicted octanol–water partition coefficient (Wildman–Crippen LogP) is 1.73. The van der Waals surface area contributed by atoms with Crippen molar-refractivity contribution in [2.75, 3.05) is 11.4 Å². The number of anilines is 1. The molecule has 0 spiro atoms. The Kier molecular flexibility index (Phi) is 2.71. The molecule has 1 N–H and O–H groups in total. The molecule has 92 valence electrons. The smallest absolute Gasteiger partial charge is 0.331 e. The third-order valence-corrected chi connectivity index (χ3v) is 4.01. The van der Waals surface area contributed by atoms with E-state index in [9.17, 15) is 9.90 Å². The van der Waals surface area contributed by atoms with E-state index in [1.807, 2.05) is 11.4 Å². The topological polar surface area (TPSA) is 66.3 Å². The summed E-state index contributed by atoms with van der Waals surface area (Å²) >= 11 is 1.61. The van der Waals surface area contributed by atoms with Gasteiger partial charge in [-0.3, -0.25) is 0 Å². The first-order valence-electron chi connectivity index (χ1n) is 5.60. The summed E-state index contributed by atoms with van der Waals surface area (Å²) in [5.74, 6) is -0.386. The molecule has 0 bridgehead atoms. The fourth-order valence-corrected chi connectivity index (χ4v) is 3.14. The number of aliphatic carboxylic acids is 1. The van der Waals surface area contributed by atoms with Crippen LogP contribution in [0, 0.1) is 0 Å². The quantitative estimate of drug-likeness (QED) is 0.891. The monoisotopic (exact) mass is 261 g/mol. The zero-order valence-electron chi connectivity index (χ0n) is 9.48. The van der Waals surface area contributed by atoms with Crippen LogP contribution < -0.4 is 4.90 Å². The number of hydrogen-bond donors (Lipinski definition) is 1. The van der Waals surface area contributed by atoms with Gasteiger partial charge in [-0.05, 0) is 29.5 Å². The van der Waals surface area contributed by atoms with Crippen molar-refractivity contribution in [1.29, 1.82) is 0 Å². The Morgan fingerprint density at radius 2 is 2.22 bits per heavy atom. The molecule has 1 aliphatic heterocycles. The number of fused-ring (bicyclic) bond motifs is 1. The van der Waals surface area contributed by atoms with Crippen molar-refractivity contribution in [3.05, 3.63) is 40.3 Å². The van der Waals surface area contributed by atoms with Gasteiger partial charge >= 0.3 is 5.97 Å². The molecule has 0 aliphatic carbocycles. The van der Waals surface area contributed by atoms with Crippen molar-refractivity contribution in [3.8, 4) is 0 Å². The van der Waals surface area contributed by atoms with Gasteiger partial charge in [0.1, 0.15) is 0 Å². The van der Waals surface area contributed by atoms with Crippen LogP contribution in [0.15, 0.2) is 29.9 Å². The summed E-state index contributed by atoms with van der Waals surface area (Å²) in [7, 11) is 0. The van der Waals surface area contributed by atoms with Crippen LogP contribution in [0.5, 0.6) is 0 Å². The van der Waals surface area contributed by atoms with E-state index >= 15 is 0 Å². The highest BCUT2D eigenvalue weighted by atomic mass is 32.1. The van der Waals surface area contributed by atoms with E-state index in [0.717, 1.165) is 16.9 Å². The van der Waals surface area contributed by atoms with E-state index in [4.69, 9.17) is 0 Å². The second kappa shape index (κ2) is 4.38. The van der Waals surface area contributed by atoms with Crippen LogP contribution in [0.4, 0.5) is 5.95 Å². The second-order valence-corrected chi connectivity index (χ2v) is 5.03. The first kappa shape index (κ1) is 11.2. The highest BCUT2D eigenvalue weighted by Gasteiger charge is 2.35. The molecule has 1 unspecified atom stereocenters. The van der Waals surface area contributed by atoms with Gasteiger partial charge in [-0.1, -0.05) is 0 Å². The van der Waals surface area contributed by atoms with Crippen molar-refractivity contribution in [1.82, 2.24) is 9.97 Å². The highest BCUT2D eigenvalue weighted by Crippen LogP contribution is 2.34. The van der Waals surface area contributed by atoms with E-state index in [0.29, 0.717) is 12.5 Å². The van der Waals surface area contributed by atoms with Crippen LogP contribution in [0.1, 0.15) is 16.5 Å². The number of carboxylic acids is 1. The van der Waals surface area contributed by atoms with Gasteiger partial charge in [0.2, 0.25) is 5.95 Å². The lowest BCUT2D eigenvalue weighted by Crippen LogP contribution is -2.40. The van der Waals surface area contributed by atoms with Gasteiger partial charge < -0.3 is 10.0 Å². The Hall–Kier alpha value is -1.95. The lowest BCUT2D eigenvalue weighted by Gasteiger charge is -2.32. The molecule has 3 rings (SSSR count). The number of carboxylic acid groups (broad SMARTS) is 1. The molecule has 5 nitrogen and oxygen atoms in total. The second-order valence-electron chi connectivity index (χ2n) is 4.03. The lowest BCUT2D eigenvalue weighted by molar-refractivity contribution is -0.138. The largest absolute Gasteiger partial charge is 0.479 e. The van der Waals surface area contributed by atoms with E-state index in [1.165, 1.54) is 0 Å². The minimum absolute atomic E-state index is 0.474. The van der Waals surface area contributed by atoms with E-state index in [-0.39, 0.29) is 0 Å². The standard InChI is InChI=1S/C12H11N3O2S/c16-11(17)10-8-3-7-18-9(8)2-6-15(10)12-13-4-1-5-14-12/h1,3-5,7,10H,2,6H2,(H,16,17). The molecule has 18 heavy (non-hydrogen) atoms. The Balaban J connectivity index is 2.04. The van der Waals surface area contributed by atoms with Gasteiger partial charge in [0.25, 0.3) is 0 Å². The van der Waals surface area contributed by atoms with Crippen LogP contribution in [0.2, 0.25) is 0 Å². The number of nitrogens with zero attached hydrogens (tertiary/aromatic N) is 3. The van der Waals surface area contributed by atoms with Gasteiger partial charge in [0.05, 0.1) is 0 Å². The first-order chi connectivity index (χ1) is 8.77. The maximum Gasteiger partial charge on any atom is 0.331 e. The highest BCUT2D eigenvalue weighted by molar-refractivity contribution is 7.10. The molecular formula is C12H11N3O2S. The van der Waals surface area contributed by atoms with Crippen molar-refractivity contribution < 1.29 is 9.90 Å². The van der Waals surface area contributed by atoms with E-state index in [2.05, 4.69) is 9.97 Å². The molecular weight excluding hydrogens is 250 g/mol. The van der Waals surface area contributed by atoms with Crippen molar-refractivity contribution in [3.63, 3.8) is 0 Å². The molecule has 3 heterocycles. The van der Waals surface area contributed by atoms with Crippen LogP contribution in [0.3, 0.4) is 0 Å². The van der Waals surface area contributed by atoms with Gasteiger partial charge in [0, 0.05) is 23.8 Å². The predicted molar refractivity (Wildman–Crippen MR) is 67.8 cm³/mol. The molecule has 0 fully saturated rings. The van der Waals surface area contributed by atoms with Gasteiger partial charge in [-0.2, -0.15) is 0 Å². The molecule has 0 aromatic carbocycles. The van der Waals surface area contributed by atoms with Gasteiger partial charge in [-0.25, -0.2) is 14.8 Å². The normalized spacial score (nSPS) is 18.4. The Morgan fingerprint density at radius 1 is 1.44 bits per heavy atom. The minimum atomic E-state index is -0.859. The fraction of sp³-hybridized carbons (Fsp3) is 0.250. The molecule has 0 radical (unpaired) electrons. The molecule has 0 amide bonds. The molecule has 2 aromatic rings. The third-order valence-electron chi connectivity index (χ3n) is 3.01. The average molecular weight is 261 g/mol. The lowest BCUT2D eigenvalue weighted by atomic mass is 10.0. The molecule has 1 atom stereocenters. The third kappa shape index (κ3) is 1.74. The zero-order valence-corrected chi connectivity index (χ0v) is 10.3. The summed E-state index contributed by atoms with van der Waals surface area (Å²) in [4.78, 5) is 22.7. The van der Waals surface area contributed by atoms with Crippen molar-refractivity contribution in [2.45, 2.75) is 12.5 Å². The maximum absolute atomic E-state index is 11.5. The Bertz CT molecular complexity index is 570. The SMILES string of the molecule is O=C(O)C1c2ccsc2CCN1c1ncccn1. The molecule has 2 aromatic heterocycles. The first-order valence-corrected chi connectivity index (χ1v) is 6.48. The average Bonchev–Trinajstić information content (AvgIpc) is 2.86. The number of aromatic nitrogens is 2. The van der Waals surface area contributed by atoms with Crippen LogP contribution in [-0.4, -0.2) is 27.6 Å². The number of thiophene rings is 1. The van der Waals surface area contributed by atoms with Gasteiger partial charge in [-0.15, -0.1) is 11.3 Å². The number of hydrogen-bond acceptors (Lipinski definition) is 5. The fourth-order valence-electron chi connectivity index (χ4n) is 2.24. The number of carbonyl (C=O) groups is 1. The van der Waals surface area contributed by atoms with E-state index < -0.39 is 12.0 Å². The minimum Gasteiger partial charge on any atom is -0.479 e. The summed E-state index contributed by atoms with van der Waals surface area (Å²) in [6, 6.07) is 2.93. The molecule has 0 saturated heterocycles. The Morgan fingerprint density at radius 3 is 2.94 bits per heavy atom. The Labute approximate surface area is 108 Å². The summed E-state index contributed by atoms with van der Waals surface area (Å²) in [6.45, 7) is 0.633. The van der Waals surface area contributed by atoms with E-state index in [1.54, 1.807) is 34.7 Å². The van der Waals surface area contributed by atoms with Crippen molar-refractivity contribution >= 4 is 23.3 Å². The van der Waals surface area contributed by atoms with Gasteiger partial charge in [0.15, 0.2) is 6.04 Å². The maximum atomic E-state index is 11.5. The number of rotatable bonds is 2. The van der Waals surface area contributed by atoms with Crippen molar-refractivity contribution in [2.24, 2.45) is 0 Å². The zero-order chi connectivity index (χ0) is 12.5. The van der Waals surface area contributed by atoms with Crippen LogP contribution in [0.25, 0.3) is 0 Å². The summed E-state index contributed by atoms with van der Waals surface area (Å²) in [6.07, 6.45) is 4.10. The summed E-state index contributed by atoms with van der Waals surface area (Å²) < 4.78 is 0. The van der Waals surface area contributed by atoms with Crippen LogP contribution in [-0.2, 0) is 11.2 Å². The van der Waals surface area contributed by atoms with Crippen LogP contribution >= 0.6 is 11.3 Å². The molecule has 6 heteroatoms. The summed E-state index contributed by atoms with van der Waals surface area (Å²) in [5.41, 5.74) is 0.867.